The molecule has 0 radical (unpaired) electrons. The van der Waals surface area contributed by atoms with E-state index in [9.17, 15) is 0 Å². The molecule has 174 valence electrons. The monoisotopic (exact) mass is 452 g/mol. The van der Waals surface area contributed by atoms with Crippen LogP contribution < -0.4 is 9.80 Å². The second-order valence-corrected chi connectivity index (χ2v) is 9.84. The summed E-state index contributed by atoms with van der Waals surface area (Å²) in [7, 11) is 0. The second kappa shape index (κ2) is 8.19. The third kappa shape index (κ3) is 3.39. The van der Waals surface area contributed by atoms with Gasteiger partial charge in [0.05, 0.1) is 45.2 Å². The normalized spacial score (nSPS) is 16.4. The maximum Gasteiger partial charge on any atom is 0.113 e. The number of nitrogens with zero attached hydrogens (tertiary/aromatic N) is 6. The Labute approximate surface area is 201 Å². The molecular formula is C28H32N6. The Hall–Kier alpha value is -3.28. The molecule has 0 spiro atoms. The molecule has 2 aliphatic heterocycles. The number of hydrogen-bond donors (Lipinski definition) is 0. The largest absolute Gasteiger partial charge is 0.370 e. The summed E-state index contributed by atoms with van der Waals surface area (Å²) in [5.41, 5.74) is 12.4. The number of rotatable bonds is 3. The van der Waals surface area contributed by atoms with Crippen LogP contribution in [0.5, 0.6) is 0 Å². The van der Waals surface area contributed by atoms with Gasteiger partial charge in [-0.1, -0.05) is 0 Å². The highest BCUT2D eigenvalue weighted by Crippen LogP contribution is 2.39. The number of hydrogen-bond acceptors (Lipinski definition) is 6. The summed E-state index contributed by atoms with van der Waals surface area (Å²) < 4.78 is 0. The van der Waals surface area contributed by atoms with E-state index in [1.54, 1.807) is 0 Å². The predicted octanol–water partition coefficient (Wildman–Crippen LogP) is 5.67. The van der Waals surface area contributed by atoms with Gasteiger partial charge in [0, 0.05) is 37.3 Å². The van der Waals surface area contributed by atoms with Crippen LogP contribution in [0.3, 0.4) is 0 Å². The Bertz CT molecular complexity index is 1310. The number of aryl methyl sites for hydroxylation is 4. The van der Waals surface area contributed by atoms with Gasteiger partial charge in [-0.2, -0.15) is 0 Å². The minimum atomic E-state index is 0.961. The van der Waals surface area contributed by atoms with Gasteiger partial charge in [0.1, 0.15) is 11.0 Å². The SMILES string of the molecule is Cc1nc2c(-c3ccc(N4CCCC4)c4nc(C)c(C)nc34)ccc(N3CCCC3)c2nc1C. The minimum Gasteiger partial charge on any atom is -0.370 e. The molecule has 6 heteroatoms. The smallest absolute Gasteiger partial charge is 0.113 e. The molecule has 2 aromatic carbocycles. The first kappa shape index (κ1) is 21.3. The van der Waals surface area contributed by atoms with Crippen molar-refractivity contribution in [1.29, 1.82) is 0 Å². The van der Waals surface area contributed by atoms with Crippen LogP contribution in [0.4, 0.5) is 11.4 Å². The first-order valence-corrected chi connectivity index (χ1v) is 12.6. The van der Waals surface area contributed by atoms with Crippen LogP contribution in [-0.4, -0.2) is 46.1 Å². The van der Waals surface area contributed by atoms with Gasteiger partial charge in [0.2, 0.25) is 0 Å². The Morgan fingerprint density at radius 3 is 1.15 bits per heavy atom. The molecule has 0 atom stereocenters. The molecule has 2 aliphatic rings. The van der Waals surface area contributed by atoms with Crippen LogP contribution >= 0.6 is 0 Å². The standard InChI is InChI=1S/C28H32N6/c1-17-19(3)31-27-23(33-13-5-6-14-33)11-9-21(25(27)29-17)22-10-12-24(34-15-7-8-16-34)28-26(22)30-18(2)20(4)32-28/h9-12H,5-8,13-16H2,1-4H3. The quantitative estimate of drug-likeness (QED) is 0.399. The maximum absolute atomic E-state index is 5.08. The molecule has 34 heavy (non-hydrogen) atoms. The van der Waals surface area contributed by atoms with Crippen LogP contribution in [-0.2, 0) is 0 Å². The molecule has 0 amide bonds. The third-order valence-corrected chi connectivity index (χ3v) is 7.61. The zero-order valence-corrected chi connectivity index (χ0v) is 20.6. The van der Waals surface area contributed by atoms with E-state index in [0.29, 0.717) is 0 Å². The van der Waals surface area contributed by atoms with Crippen LogP contribution in [0.2, 0.25) is 0 Å². The molecule has 6 nitrogen and oxygen atoms in total. The number of fused-ring (bicyclic) bond motifs is 2. The van der Waals surface area contributed by atoms with Crippen molar-refractivity contribution >= 4 is 33.4 Å². The summed E-state index contributed by atoms with van der Waals surface area (Å²) in [5.74, 6) is 0. The van der Waals surface area contributed by atoms with Crippen molar-refractivity contribution in [1.82, 2.24) is 19.9 Å². The lowest BCUT2D eigenvalue weighted by Crippen LogP contribution is -2.19. The molecule has 0 aliphatic carbocycles. The summed E-state index contributed by atoms with van der Waals surface area (Å²) >= 11 is 0. The predicted molar refractivity (Wildman–Crippen MR) is 140 cm³/mol. The molecule has 0 unspecified atom stereocenters. The third-order valence-electron chi connectivity index (χ3n) is 7.61. The van der Waals surface area contributed by atoms with Gasteiger partial charge in [0.25, 0.3) is 0 Å². The van der Waals surface area contributed by atoms with E-state index in [0.717, 1.165) is 82.1 Å². The van der Waals surface area contributed by atoms with Gasteiger partial charge in [-0.15, -0.1) is 0 Å². The van der Waals surface area contributed by atoms with E-state index in [2.05, 4.69) is 61.8 Å². The van der Waals surface area contributed by atoms with Crippen molar-refractivity contribution in [2.75, 3.05) is 36.0 Å². The van der Waals surface area contributed by atoms with Gasteiger partial charge >= 0.3 is 0 Å². The van der Waals surface area contributed by atoms with Gasteiger partial charge in [-0.05, 0) is 77.6 Å². The lowest BCUT2D eigenvalue weighted by atomic mass is 9.99. The number of benzene rings is 2. The molecule has 4 heterocycles. The fourth-order valence-corrected chi connectivity index (χ4v) is 5.44. The van der Waals surface area contributed by atoms with Gasteiger partial charge < -0.3 is 9.80 Å². The Balaban J connectivity index is 1.63. The van der Waals surface area contributed by atoms with E-state index in [4.69, 9.17) is 19.9 Å². The number of anilines is 2. The van der Waals surface area contributed by atoms with Crippen molar-refractivity contribution < 1.29 is 0 Å². The van der Waals surface area contributed by atoms with Gasteiger partial charge in [-0.3, -0.25) is 0 Å². The lowest BCUT2D eigenvalue weighted by Gasteiger charge is -2.23. The molecule has 6 rings (SSSR count). The summed E-state index contributed by atoms with van der Waals surface area (Å²) in [5, 5.41) is 0. The van der Waals surface area contributed by atoms with Crippen molar-refractivity contribution in [2.24, 2.45) is 0 Å². The molecule has 0 bridgehead atoms. The lowest BCUT2D eigenvalue weighted by molar-refractivity contribution is 0.949. The fraction of sp³-hybridized carbons (Fsp3) is 0.429. The second-order valence-electron chi connectivity index (χ2n) is 9.84. The van der Waals surface area contributed by atoms with Gasteiger partial charge in [0.15, 0.2) is 0 Å². The van der Waals surface area contributed by atoms with Crippen LogP contribution in [0.15, 0.2) is 24.3 Å². The average Bonchev–Trinajstić information content (AvgIpc) is 3.54. The molecule has 2 aromatic heterocycles. The van der Waals surface area contributed by atoms with E-state index in [1.807, 2.05) is 0 Å². The zero-order chi connectivity index (χ0) is 23.4. The van der Waals surface area contributed by atoms with Crippen LogP contribution in [0.1, 0.15) is 48.5 Å². The Kier molecular flexibility index (Phi) is 5.12. The first-order valence-electron chi connectivity index (χ1n) is 12.6. The highest BCUT2D eigenvalue weighted by atomic mass is 15.2. The maximum atomic E-state index is 5.08. The highest BCUT2D eigenvalue weighted by Gasteiger charge is 2.23. The summed E-state index contributed by atoms with van der Waals surface area (Å²) in [6, 6.07) is 8.92. The van der Waals surface area contributed by atoms with E-state index in [-0.39, 0.29) is 0 Å². The van der Waals surface area contributed by atoms with Crippen LogP contribution in [0, 0.1) is 27.7 Å². The Morgan fingerprint density at radius 1 is 0.471 bits per heavy atom. The molecule has 2 fully saturated rings. The van der Waals surface area contributed by atoms with Crippen molar-refractivity contribution in [2.45, 2.75) is 53.4 Å². The summed E-state index contributed by atoms with van der Waals surface area (Å²) in [4.78, 5) is 25.2. The molecule has 2 saturated heterocycles. The molecule has 0 N–H and O–H groups in total. The topological polar surface area (TPSA) is 58.0 Å². The molecular weight excluding hydrogens is 420 g/mol. The molecule has 4 aromatic rings. The van der Waals surface area contributed by atoms with E-state index in [1.165, 1.54) is 37.1 Å². The number of aromatic nitrogens is 4. The average molecular weight is 453 g/mol. The molecule has 0 saturated carbocycles. The summed E-state index contributed by atoms with van der Waals surface area (Å²) in [6.07, 6.45) is 4.94. The van der Waals surface area contributed by atoms with E-state index >= 15 is 0 Å². The fourth-order valence-electron chi connectivity index (χ4n) is 5.44. The highest BCUT2D eigenvalue weighted by molar-refractivity contribution is 6.07. The Morgan fingerprint density at radius 2 is 0.794 bits per heavy atom. The first-order chi connectivity index (χ1) is 16.5. The zero-order valence-electron chi connectivity index (χ0n) is 20.6. The van der Waals surface area contributed by atoms with E-state index < -0.39 is 0 Å². The van der Waals surface area contributed by atoms with Crippen molar-refractivity contribution in [3.05, 3.63) is 47.0 Å². The van der Waals surface area contributed by atoms with Crippen molar-refractivity contribution in [3.63, 3.8) is 0 Å². The van der Waals surface area contributed by atoms with Gasteiger partial charge in [-0.25, -0.2) is 19.9 Å². The summed E-state index contributed by atoms with van der Waals surface area (Å²) in [6.45, 7) is 12.5. The van der Waals surface area contributed by atoms with Crippen LogP contribution in [0.25, 0.3) is 33.2 Å². The minimum absolute atomic E-state index is 0.961. The van der Waals surface area contributed by atoms with Crippen molar-refractivity contribution in [3.8, 4) is 11.1 Å².